The molecule has 0 radical (unpaired) electrons. The second-order valence-corrected chi connectivity index (χ2v) is 3.38. The van der Waals surface area contributed by atoms with Crippen LogP contribution < -0.4 is 0 Å². The lowest BCUT2D eigenvalue weighted by atomic mass is 9.96. The van der Waals surface area contributed by atoms with E-state index in [4.69, 9.17) is 5.11 Å². The van der Waals surface area contributed by atoms with Crippen LogP contribution in [0.15, 0.2) is 6.26 Å². The first-order valence-electron chi connectivity index (χ1n) is 4.77. The van der Waals surface area contributed by atoms with Gasteiger partial charge in [0.2, 0.25) is 0 Å². The predicted octanol–water partition coefficient (Wildman–Crippen LogP) is -1.44. The Bertz CT molecular complexity index is 426. The van der Waals surface area contributed by atoms with Crippen LogP contribution in [-0.4, -0.2) is 45.6 Å². The lowest BCUT2D eigenvalue weighted by molar-refractivity contribution is -0.174. The average Bonchev–Trinajstić information content (AvgIpc) is 2.24. The summed E-state index contributed by atoms with van der Waals surface area (Å²) in [5, 5.41) is 18.4. The zero-order chi connectivity index (χ0) is 15.1. The van der Waals surface area contributed by atoms with Crippen LogP contribution in [0.3, 0.4) is 0 Å². The fraction of sp³-hybridized carbons (Fsp3) is 0.400. The molecule has 0 aliphatic heterocycles. The van der Waals surface area contributed by atoms with Crippen molar-refractivity contribution in [3.05, 3.63) is 6.26 Å². The third kappa shape index (κ3) is 6.10. The maximum absolute atomic E-state index is 11.1. The van der Waals surface area contributed by atoms with Gasteiger partial charge in [0, 0.05) is 6.92 Å². The Balaban J connectivity index is 4.80. The fourth-order valence-corrected chi connectivity index (χ4v) is 1.02. The van der Waals surface area contributed by atoms with Gasteiger partial charge in [0.1, 0.15) is 0 Å². The van der Waals surface area contributed by atoms with Crippen LogP contribution in [0.5, 0.6) is 0 Å². The van der Waals surface area contributed by atoms with Crippen LogP contribution in [0.1, 0.15) is 19.8 Å². The van der Waals surface area contributed by atoms with Crippen LogP contribution in [0.4, 0.5) is 0 Å². The van der Waals surface area contributed by atoms with Gasteiger partial charge in [-0.25, -0.2) is 9.59 Å². The SMILES string of the molecule is CC(=O)OC(=O)CC(O)(CC(=O)OC=C=O)C(=O)O. The van der Waals surface area contributed by atoms with Gasteiger partial charge in [-0.2, -0.15) is 0 Å². The summed E-state index contributed by atoms with van der Waals surface area (Å²) >= 11 is 0. The minimum absolute atomic E-state index is 0.318. The highest BCUT2D eigenvalue weighted by Gasteiger charge is 2.42. The van der Waals surface area contributed by atoms with E-state index in [-0.39, 0.29) is 0 Å². The van der Waals surface area contributed by atoms with Gasteiger partial charge < -0.3 is 19.7 Å². The second kappa shape index (κ2) is 7.04. The maximum atomic E-state index is 11.1. The van der Waals surface area contributed by atoms with Crippen LogP contribution in [-0.2, 0) is 33.4 Å². The van der Waals surface area contributed by atoms with E-state index in [0.717, 1.165) is 12.9 Å². The van der Waals surface area contributed by atoms with Crippen molar-refractivity contribution < 1.29 is 43.7 Å². The van der Waals surface area contributed by atoms with Crippen molar-refractivity contribution in [2.75, 3.05) is 0 Å². The number of aliphatic hydroxyl groups is 1. The molecule has 0 fully saturated rings. The average molecular weight is 274 g/mol. The highest BCUT2D eigenvalue weighted by molar-refractivity contribution is 5.92. The van der Waals surface area contributed by atoms with E-state index in [0.29, 0.717) is 6.26 Å². The molecule has 1 unspecified atom stereocenters. The first-order chi connectivity index (χ1) is 8.71. The Hall–Kier alpha value is -2.51. The molecule has 0 saturated carbocycles. The van der Waals surface area contributed by atoms with Gasteiger partial charge in [-0.1, -0.05) is 0 Å². The van der Waals surface area contributed by atoms with Gasteiger partial charge in [-0.15, -0.1) is 0 Å². The molecule has 104 valence electrons. The first-order valence-corrected chi connectivity index (χ1v) is 4.77. The summed E-state index contributed by atoms with van der Waals surface area (Å²) in [6, 6.07) is 0. The Morgan fingerprint density at radius 3 is 2.16 bits per heavy atom. The Morgan fingerprint density at radius 1 is 1.21 bits per heavy atom. The number of carboxylic acid groups (broad SMARTS) is 1. The molecule has 0 aromatic rings. The number of hydrogen-bond acceptors (Lipinski definition) is 8. The van der Waals surface area contributed by atoms with Crippen molar-refractivity contribution in [3.63, 3.8) is 0 Å². The van der Waals surface area contributed by atoms with E-state index in [9.17, 15) is 29.1 Å². The smallest absolute Gasteiger partial charge is 0.336 e. The van der Waals surface area contributed by atoms with E-state index in [1.807, 2.05) is 0 Å². The van der Waals surface area contributed by atoms with Crippen LogP contribution in [0.2, 0.25) is 0 Å². The zero-order valence-corrected chi connectivity index (χ0v) is 9.74. The predicted molar refractivity (Wildman–Crippen MR) is 54.9 cm³/mol. The molecule has 0 saturated heterocycles. The highest BCUT2D eigenvalue weighted by atomic mass is 16.6. The third-order valence-electron chi connectivity index (χ3n) is 1.77. The van der Waals surface area contributed by atoms with E-state index in [2.05, 4.69) is 9.47 Å². The van der Waals surface area contributed by atoms with Crippen LogP contribution >= 0.6 is 0 Å². The number of esters is 3. The number of hydrogen-bond donors (Lipinski definition) is 2. The Kier molecular flexibility index (Phi) is 6.11. The molecule has 0 aromatic heterocycles. The molecule has 0 rings (SSSR count). The normalized spacial score (nSPS) is 12.5. The van der Waals surface area contributed by atoms with Crippen molar-refractivity contribution in [1.82, 2.24) is 0 Å². The molecule has 0 bridgehead atoms. The van der Waals surface area contributed by atoms with Gasteiger partial charge in [0.25, 0.3) is 0 Å². The number of carbonyl (C=O) groups excluding carboxylic acids is 4. The summed E-state index contributed by atoms with van der Waals surface area (Å²) in [7, 11) is 0. The Morgan fingerprint density at radius 2 is 1.74 bits per heavy atom. The van der Waals surface area contributed by atoms with Crippen LogP contribution in [0, 0.1) is 0 Å². The summed E-state index contributed by atoms with van der Waals surface area (Å²) in [6.07, 6.45) is -1.94. The molecule has 19 heavy (non-hydrogen) atoms. The number of carbonyl (C=O) groups is 4. The number of rotatable bonds is 6. The topological polar surface area (TPSA) is 144 Å². The monoisotopic (exact) mass is 274 g/mol. The quantitative estimate of drug-likeness (QED) is 0.257. The molecular formula is C10H10O9. The van der Waals surface area contributed by atoms with Crippen molar-refractivity contribution in [2.24, 2.45) is 0 Å². The van der Waals surface area contributed by atoms with Crippen molar-refractivity contribution in [1.29, 1.82) is 0 Å². The standard InChI is InChI=1S/C10H10O9/c1-6(12)19-8(14)5-10(17,9(15)16)4-7(13)18-3-2-11/h3,17H,4-5H2,1H3,(H,15,16). The zero-order valence-electron chi connectivity index (χ0n) is 9.74. The molecule has 0 aliphatic rings. The molecule has 0 spiro atoms. The van der Waals surface area contributed by atoms with Gasteiger partial charge in [0.15, 0.2) is 17.8 Å². The molecular weight excluding hydrogens is 264 g/mol. The first kappa shape index (κ1) is 16.5. The van der Waals surface area contributed by atoms with Crippen molar-refractivity contribution in [3.8, 4) is 0 Å². The van der Waals surface area contributed by atoms with Gasteiger partial charge >= 0.3 is 23.9 Å². The number of aliphatic carboxylic acids is 1. The molecule has 1 atom stereocenters. The molecule has 0 aromatic carbocycles. The molecule has 0 amide bonds. The van der Waals surface area contributed by atoms with E-state index in [1.54, 1.807) is 0 Å². The van der Waals surface area contributed by atoms with Gasteiger partial charge in [-0.05, 0) is 0 Å². The minimum Gasteiger partial charge on any atom is -0.479 e. The molecule has 0 aliphatic carbocycles. The summed E-state index contributed by atoms with van der Waals surface area (Å²) in [6.45, 7) is 0.904. The largest absolute Gasteiger partial charge is 0.479 e. The molecule has 9 nitrogen and oxygen atoms in total. The summed E-state index contributed by atoms with van der Waals surface area (Å²) in [5.41, 5.74) is -2.81. The summed E-state index contributed by atoms with van der Waals surface area (Å²) < 4.78 is 8.11. The third-order valence-corrected chi connectivity index (χ3v) is 1.77. The number of ether oxygens (including phenoxy) is 2. The van der Waals surface area contributed by atoms with Crippen molar-refractivity contribution >= 4 is 29.8 Å². The van der Waals surface area contributed by atoms with E-state index < -0.39 is 42.3 Å². The van der Waals surface area contributed by atoms with E-state index >= 15 is 0 Å². The number of carboxylic acids is 1. The fourth-order valence-electron chi connectivity index (χ4n) is 1.02. The van der Waals surface area contributed by atoms with Gasteiger partial charge in [0.05, 0.1) is 12.8 Å². The lowest BCUT2D eigenvalue weighted by Crippen LogP contribution is -2.43. The van der Waals surface area contributed by atoms with Crippen LogP contribution in [0.25, 0.3) is 0 Å². The summed E-state index contributed by atoms with van der Waals surface area (Å²) in [4.78, 5) is 53.2. The second-order valence-electron chi connectivity index (χ2n) is 3.38. The molecule has 0 heterocycles. The Labute approximate surface area is 106 Å². The maximum Gasteiger partial charge on any atom is 0.336 e. The highest BCUT2D eigenvalue weighted by Crippen LogP contribution is 2.18. The van der Waals surface area contributed by atoms with E-state index in [1.165, 1.54) is 0 Å². The van der Waals surface area contributed by atoms with Gasteiger partial charge in [-0.3, -0.25) is 14.4 Å². The molecule has 2 N–H and O–H groups in total. The lowest BCUT2D eigenvalue weighted by Gasteiger charge is -2.20. The minimum atomic E-state index is -2.81. The summed E-state index contributed by atoms with van der Waals surface area (Å²) in [5.74, 6) is -4.39. The van der Waals surface area contributed by atoms with Crippen molar-refractivity contribution in [2.45, 2.75) is 25.4 Å². The molecule has 9 heteroatoms.